The summed E-state index contributed by atoms with van der Waals surface area (Å²) in [5, 5.41) is 3.96. The average molecular weight is 381 g/mol. The zero-order valence-corrected chi connectivity index (χ0v) is 15.6. The molecule has 0 amide bonds. The Morgan fingerprint density at radius 3 is 2.35 bits per heavy atom. The molecule has 1 saturated heterocycles. The summed E-state index contributed by atoms with van der Waals surface area (Å²) in [7, 11) is -2.04. The zero-order chi connectivity index (χ0) is 17.1. The second-order valence-electron chi connectivity index (χ2n) is 6.02. The van der Waals surface area contributed by atoms with Crippen LogP contribution >= 0.6 is 23.2 Å². The minimum absolute atomic E-state index is 0.0830. The maximum absolute atomic E-state index is 12.6. The van der Waals surface area contributed by atoms with Crippen LogP contribution in [0, 0.1) is 12.3 Å². The van der Waals surface area contributed by atoms with Crippen LogP contribution in [0.2, 0.25) is 10.0 Å². The van der Waals surface area contributed by atoms with E-state index in [0.717, 1.165) is 25.9 Å². The maximum atomic E-state index is 12.6. The molecule has 0 saturated carbocycles. The Balaban J connectivity index is 2.17. The minimum Gasteiger partial charge on any atom is -0.384 e. The number of rotatable bonds is 6. The standard InChI is InChI=1S/C15H22Cl2N2O3S/c1-11-13(16)7-12(8-14(11)17)23(20,21)19-9-15(10-22-2)3-5-18-6-4-15/h7-8,18-19H,3-6,9-10H2,1-2H3. The number of nitrogens with one attached hydrogen (secondary N) is 2. The van der Waals surface area contributed by atoms with E-state index < -0.39 is 10.0 Å². The van der Waals surface area contributed by atoms with Crippen LogP contribution in [-0.4, -0.2) is 41.8 Å². The van der Waals surface area contributed by atoms with Crippen LogP contribution < -0.4 is 10.0 Å². The van der Waals surface area contributed by atoms with Gasteiger partial charge in [-0.25, -0.2) is 13.1 Å². The molecule has 1 aromatic rings. The maximum Gasteiger partial charge on any atom is 0.240 e. The van der Waals surface area contributed by atoms with Gasteiger partial charge in [0.2, 0.25) is 10.0 Å². The largest absolute Gasteiger partial charge is 0.384 e. The van der Waals surface area contributed by atoms with Crippen molar-refractivity contribution in [2.75, 3.05) is 33.4 Å². The Labute approximate surface area is 147 Å². The van der Waals surface area contributed by atoms with Gasteiger partial charge in [0.25, 0.3) is 0 Å². The molecule has 2 rings (SSSR count). The van der Waals surface area contributed by atoms with Crippen LogP contribution in [0.1, 0.15) is 18.4 Å². The van der Waals surface area contributed by atoms with Gasteiger partial charge in [-0.05, 0) is 50.6 Å². The Hall–Kier alpha value is -0.370. The quantitative estimate of drug-likeness (QED) is 0.795. The van der Waals surface area contributed by atoms with Crippen molar-refractivity contribution in [2.45, 2.75) is 24.7 Å². The van der Waals surface area contributed by atoms with Gasteiger partial charge in [0.1, 0.15) is 0 Å². The van der Waals surface area contributed by atoms with Crippen molar-refractivity contribution in [3.63, 3.8) is 0 Å². The highest BCUT2D eigenvalue weighted by molar-refractivity contribution is 7.89. The second kappa shape index (κ2) is 7.68. The predicted octanol–water partition coefficient (Wildman–Crippen LogP) is 2.60. The molecule has 0 radical (unpaired) electrons. The zero-order valence-electron chi connectivity index (χ0n) is 13.3. The highest BCUT2D eigenvalue weighted by Gasteiger charge is 2.33. The summed E-state index contributed by atoms with van der Waals surface area (Å²) in [5.74, 6) is 0. The lowest BCUT2D eigenvalue weighted by atomic mass is 9.80. The van der Waals surface area contributed by atoms with Crippen LogP contribution in [-0.2, 0) is 14.8 Å². The third-order valence-electron chi connectivity index (χ3n) is 4.32. The predicted molar refractivity (Wildman–Crippen MR) is 92.8 cm³/mol. The molecule has 1 aliphatic heterocycles. The van der Waals surface area contributed by atoms with Gasteiger partial charge in [0.05, 0.1) is 11.5 Å². The van der Waals surface area contributed by atoms with Gasteiger partial charge < -0.3 is 10.1 Å². The molecule has 23 heavy (non-hydrogen) atoms. The summed E-state index contributed by atoms with van der Waals surface area (Å²) in [4.78, 5) is 0.0830. The van der Waals surface area contributed by atoms with Gasteiger partial charge >= 0.3 is 0 Å². The topological polar surface area (TPSA) is 67.4 Å². The number of methoxy groups -OCH3 is 1. The van der Waals surface area contributed by atoms with Crippen LogP contribution in [0.25, 0.3) is 0 Å². The molecule has 0 aliphatic carbocycles. The molecule has 1 fully saturated rings. The van der Waals surface area contributed by atoms with Gasteiger partial charge in [-0.2, -0.15) is 0 Å². The first kappa shape index (κ1) is 19.0. The number of halogens is 2. The van der Waals surface area contributed by atoms with E-state index in [4.69, 9.17) is 27.9 Å². The van der Waals surface area contributed by atoms with Gasteiger partial charge in [-0.3, -0.25) is 0 Å². The molecule has 1 heterocycles. The number of piperidine rings is 1. The second-order valence-corrected chi connectivity index (χ2v) is 8.60. The van der Waals surface area contributed by atoms with Crippen LogP contribution in [0.5, 0.6) is 0 Å². The molecule has 130 valence electrons. The van der Waals surface area contributed by atoms with Crippen molar-refractivity contribution in [3.05, 3.63) is 27.7 Å². The smallest absolute Gasteiger partial charge is 0.240 e. The van der Waals surface area contributed by atoms with E-state index in [9.17, 15) is 8.42 Å². The lowest BCUT2D eigenvalue weighted by Gasteiger charge is -2.37. The Morgan fingerprint density at radius 2 is 1.83 bits per heavy atom. The number of hydrogen-bond donors (Lipinski definition) is 2. The van der Waals surface area contributed by atoms with Crippen molar-refractivity contribution in [1.82, 2.24) is 10.0 Å². The van der Waals surface area contributed by atoms with Gasteiger partial charge in [0.15, 0.2) is 0 Å². The highest BCUT2D eigenvalue weighted by atomic mass is 35.5. The molecule has 0 spiro atoms. The lowest BCUT2D eigenvalue weighted by molar-refractivity contribution is 0.0577. The van der Waals surface area contributed by atoms with E-state index in [1.165, 1.54) is 12.1 Å². The molecule has 0 atom stereocenters. The summed E-state index contributed by atoms with van der Waals surface area (Å²) in [6.45, 7) is 4.30. The average Bonchev–Trinajstić information content (AvgIpc) is 2.51. The van der Waals surface area contributed by atoms with E-state index in [-0.39, 0.29) is 10.3 Å². The van der Waals surface area contributed by atoms with Crippen molar-refractivity contribution in [3.8, 4) is 0 Å². The number of hydrogen-bond acceptors (Lipinski definition) is 4. The summed E-state index contributed by atoms with van der Waals surface area (Å²) >= 11 is 12.1. The van der Waals surface area contributed by atoms with E-state index in [0.29, 0.717) is 28.8 Å². The SMILES string of the molecule is COCC1(CNS(=O)(=O)c2cc(Cl)c(C)c(Cl)c2)CCNCC1. The molecule has 2 N–H and O–H groups in total. The first-order chi connectivity index (χ1) is 10.8. The molecule has 1 aliphatic rings. The van der Waals surface area contributed by atoms with Gasteiger partial charge in [-0.15, -0.1) is 0 Å². The Morgan fingerprint density at radius 1 is 1.26 bits per heavy atom. The van der Waals surface area contributed by atoms with E-state index in [1.54, 1.807) is 14.0 Å². The summed E-state index contributed by atoms with van der Waals surface area (Å²) in [6.07, 6.45) is 1.72. The molecular weight excluding hydrogens is 359 g/mol. The molecular formula is C15H22Cl2N2O3S. The first-order valence-electron chi connectivity index (χ1n) is 7.45. The minimum atomic E-state index is -3.67. The van der Waals surface area contributed by atoms with Crippen molar-refractivity contribution in [1.29, 1.82) is 0 Å². The third kappa shape index (κ3) is 4.59. The fraction of sp³-hybridized carbons (Fsp3) is 0.600. The Kier molecular flexibility index (Phi) is 6.33. The summed E-state index contributed by atoms with van der Waals surface area (Å²) in [5.41, 5.74) is 0.479. The highest BCUT2D eigenvalue weighted by Crippen LogP contribution is 2.30. The van der Waals surface area contributed by atoms with E-state index in [2.05, 4.69) is 10.0 Å². The Bertz CT molecular complexity index is 630. The molecule has 0 aromatic heterocycles. The number of benzene rings is 1. The fourth-order valence-corrected chi connectivity index (χ4v) is 4.57. The van der Waals surface area contributed by atoms with E-state index in [1.807, 2.05) is 0 Å². The number of sulfonamides is 1. The van der Waals surface area contributed by atoms with Crippen LogP contribution in [0.3, 0.4) is 0 Å². The van der Waals surface area contributed by atoms with Crippen molar-refractivity contribution >= 4 is 33.2 Å². The lowest BCUT2D eigenvalue weighted by Crippen LogP contribution is -2.47. The first-order valence-corrected chi connectivity index (χ1v) is 9.69. The fourth-order valence-electron chi connectivity index (χ4n) is 2.74. The van der Waals surface area contributed by atoms with Crippen molar-refractivity contribution < 1.29 is 13.2 Å². The van der Waals surface area contributed by atoms with Gasteiger partial charge in [-0.1, -0.05) is 23.2 Å². The van der Waals surface area contributed by atoms with Crippen LogP contribution in [0.4, 0.5) is 0 Å². The monoisotopic (exact) mass is 380 g/mol. The molecule has 0 bridgehead atoms. The normalized spacial score (nSPS) is 18.1. The summed E-state index contributed by atoms with van der Waals surface area (Å²) < 4.78 is 33.1. The van der Waals surface area contributed by atoms with E-state index >= 15 is 0 Å². The molecule has 5 nitrogen and oxygen atoms in total. The molecule has 1 aromatic carbocycles. The number of ether oxygens (including phenoxy) is 1. The van der Waals surface area contributed by atoms with Crippen molar-refractivity contribution in [2.24, 2.45) is 5.41 Å². The van der Waals surface area contributed by atoms with Crippen LogP contribution in [0.15, 0.2) is 17.0 Å². The third-order valence-corrected chi connectivity index (χ3v) is 6.48. The molecule has 8 heteroatoms. The van der Waals surface area contributed by atoms with Gasteiger partial charge in [0, 0.05) is 29.1 Å². The molecule has 0 unspecified atom stereocenters. The summed E-state index contributed by atoms with van der Waals surface area (Å²) in [6, 6.07) is 2.85.